The molecule has 0 saturated carbocycles. The van der Waals surface area contributed by atoms with Crippen molar-refractivity contribution < 1.29 is 9.26 Å². The fourth-order valence-electron chi connectivity index (χ4n) is 3.25. The smallest absolute Gasteiger partial charge is 0.240 e. The van der Waals surface area contributed by atoms with Crippen LogP contribution in [0.25, 0.3) is 0 Å². The first kappa shape index (κ1) is 15.9. The first-order chi connectivity index (χ1) is 12.3. The van der Waals surface area contributed by atoms with E-state index in [4.69, 9.17) is 9.26 Å². The van der Waals surface area contributed by atoms with Crippen LogP contribution in [0.15, 0.2) is 41.2 Å². The Balaban J connectivity index is 1.45. The van der Waals surface area contributed by atoms with E-state index in [0.29, 0.717) is 24.7 Å². The van der Waals surface area contributed by atoms with Crippen molar-refractivity contribution in [3.63, 3.8) is 0 Å². The molecule has 0 unspecified atom stereocenters. The molecule has 25 heavy (non-hydrogen) atoms. The second kappa shape index (κ2) is 7.12. The van der Waals surface area contributed by atoms with Gasteiger partial charge in [0.2, 0.25) is 5.89 Å². The minimum Gasteiger partial charge on any atom is -0.380 e. The Morgan fingerprint density at radius 3 is 2.96 bits per heavy atom. The molecule has 1 aliphatic rings. The number of methoxy groups -OCH3 is 1. The lowest BCUT2D eigenvalue weighted by atomic mass is 10.1. The van der Waals surface area contributed by atoms with Gasteiger partial charge in [0.25, 0.3) is 0 Å². The zero-order chi connectivity index (χ0) is 17.1. The summed E-state index contributed by atoms with van der Waals surface area (Å²) < 4.78 is 11.0. The van der Waals surface area contributed by atoms with Crippen LogP contribution in [-0.2, 0) is 17.7 Å². The molecule has 2 atom stereocenters. The van der Waals surface area contributed by atoms with Gasteiger partial charge in [-0.05, 0) is 12.0 Å². The predicted octanol–water partition coefficient (Wildman–Crippen LogP) is 1.74. The average molecular weight is 340 g/mol. The van der Waals surface area contributed by atoms with Gasteiger partial charge < -0.3 is 9.26 Å². The topological polar surface area (TPSA) is 93.0 Å². The summed E-state index contributed by atoms with van der Waals surface area (Å²) in [6, 6.07) is 10.2. The molecule has 0 bridgehead atoms. The van der Waals surface area contributed by atoms with Crippen LogP contribution in [-0.4, -0.2) is 50.0 Å². The van der Waals surface area contributed by atoms with E-state index in [2.05, 4.69) is 42.4 Å². The monoisotopic (exact) mass is 340 g/mol. The van der Waals surface area contributed by atoms with E-state index in [9.17, 15) is 0 Å². The van der Waals surface area contributed by atoms with Crippen LogP contribution in [0, 0.1) is 0 Å². The van der Waals surface area contributed by atoms with E-state index in [0.717, 1.165) is 24.4 Å². The second-order valence-corrected chi connectivity index (χ2v) is 6.18. The number of benzene rings is 1. The second-order valence-electron chi connectivity index (χ2n) is 6.18. The standard InChI is InChI=1S/C17H20N6O2/c1-24-13-8-14(17-18-11-19-21-17)23(9-13)10-16-20-15(22-25-16)7-12-5-3-2-4-6-12/h2-6,11,13-14H,7-10H2,1H3,(H,18,19,21)/t13-,14+/m1/s1. The Labute approximate surface area is 145 Å². The van der Waals surface area contributed by atoms with E-state index in [1.807, 2.05) is 18.2 Å². The lowest BCUT2D eigenvalue weighted by Gasteiger charge is -2.19. The average Bonchev–Trinajstić information content (AvgIpc) is 3.37. The zero-order valence-corrected chi connectivity index (χ0v) is 14.0. The number of likely N-dealkylation sites (tertiary alicyclic amines) is 1. The number of hydrogen-bond donors (Lipinski definition) is 1. The van der Waals surface area contributed by atoms with Gasteiger partial charge in [-0.2, -0.15) is 10.1 Å². The summed E-state index contributed by atoms with van der Waals surface area (Å²) >= 11 is 0. The molecular formula is C17H20N6O2. The highest BCUT2D eigenvalue weighted by Crippen LogP contribution is 2.32. The molecule has 3 aromatic rings. The van der Waals surface area contributed by atoms with Crippen molar-refractivity contribution in [2.24, 2.45) is 0 Å². The highest BCUT2D eigenvalue weighted by atomic mass is 16.5. The van der Waals surface area contributed by atoms with Crippen molar-refractivity contribution in [2.45, 2.75) is 31.5 Å². The summed E-state index contributed by atoms with van der Waals surface area (Å²) in [6.45, 7) is 1.35. The molecule has 1 saturated heterocycles. The van der Waals surface area contributed by atoms with Crippen molar-refractivity contribution in [3.8, 4) is 0 Å². The molecule has 2 aromatic heterocycles. The van der Waals surface area contributed by atoms with E-state index in [1.54, 1.807) is 7.11 Å². The molecule has 0 amide bonds. The highest BCUT2D eigenvalue weighted by molar-refractivity contribution is 5.18. The van der Waals surface area contributed by atoms with Crippen LogP contribution in [0.1, 0.15) is 35.6 Å². The molecule has 0 aliphatic carbocycles. The highest BCUT2D eigenvalue weighted by Gasteiger charge is 2.35. The Kier molecular flexibility index (Phi) is 4.53. The molecule has 3 heterocycles. The predicted molar refractivity (Wildman–Crippen MR) is 88.5 cm³/mol. The van der Waals surface area contributed by atoms with Crippen LogP contribution in [0.3, 0.4) is 0 Å². The van der Waals surface area contributed by atoms with Crippen molar-refractivity contribution in [1.29, 1.82) is 0 Å². The van der Waals surface area contributed by atoms with Gasteiger partial charge in [-0.15, -0.1) is 0 Å². The lowest BCUT2D eigenvalue weighted by Crippen LogP contribution is -2.25. The fourth-order valence-corrected chi connectivity index (χ4v) is 3.25. The maximum Gasteiger partial charge on any atom is 0.240 e. The number of nitrogens with one attached hydrogen (secondary N) is 1. The Bertz CT molecular complexity index is 789. The molecule has 0 spiro atoms. The van der Waals surface area contributed by atoms with Gasteiger partial charge in [-0.1, -0.05) is 35.5 Å². The molecular weight excluding hydrogens is 320 g/mol. The maximum absolute atomic E-state index is 5.52. The SMILES string of the molecule is CO[C@@H]1C[C@@H](c2ncn[nH]2)N(Cc2nc(Cc3ccccc3)no2)C1. The number of rotatable bonds is 6. The van der Waals surface area contributed by atoms with Crippen molar-refractivity contribution in [3.05, 3.63) is 59.8 Å². The van der Waals surface area contributed by atoms with E-state index >= 15 is 0 Å². The van der Waals surface area contributed by atoms with E-state index < -0.39 is 0 Å². The number of aromatic nitrogens is 5. The Morgan fingerprint density at radius 1 is 1.32 bits per heavy atom. The summed E-state index contributed by atoms with van der Waals surface area (Å²) in [5.74, 6) is 2.13. The fraction of sp³-hybridized carbons (Fsp3) is 0.412. The van der Waals surface area contributed by atoms with Crippen molar-refractivity contribution in [2.75, 3.05) is 13.7 Å². The van der Waals surface area contributed by atoms with Gasteiger partial charge in [0, 0.05) is 20.1 Å². The number of ether oxygens (including phenoxy) is 1. The number of nitrogens with zero attached hydrogens (tertiary/aromatic N) is 5. The normalized spacial score (nSPS) is 21.0. The molecule has 130 valence electrons. The molecule has 1 aromatic carbocycles. The van der Waals surface area contributed by atoms with Crippen LogP contribution < -0.4 is 0 Å². The number of H-pyrrole nitrogens is 1. The lowest BCUT2D eigenvalue weighted by molar-refractivity contribution is 0.105. The number of aromatic amines is 1. The molecule has 1 N–H and O–H groups in total. The van der Waals surface area contributed by atoms with Crippen LogP contribution in [0.5, 0.6) is 0 Å². The first-order valence-corrected chi connectivity index (χ1v) is 8.29. The summed E-state index contributed by atoms with van der Waals surface area (Å²) in [6.07, 6.45) is 3.20. The summed E-state index contributed by atoms with van der Waals surface area (Å²) in [5, 5.41) is 11.0. The van der Waals surface area contributed by atoms with Crippen molar-refractivity contribution >= 4 is 0 Å². The maximum atomic E-state index is 5.52. The van der Waals surface area contributed by atoms with E-state index in [-0.39, 0.29) is 12.1 Å². The molecule has 4 rings (SSSR count). The van der Waals surface area contributed by atoms with Gasteiger partial charge in [-0.3, -0.25) is 10.00 Å². The summed E-state index contributed by atoms with van der Waals surface area (Å²) in [4.78, 5) is 11.0. The Hall–Kier alpha value is -2.58. The van der Waals surface area contributed by atoms with Gasteiger partial charge in [0.05, 0.1) is 18.7 Å². The number of hydrogen-bond acceptors (Lipinski definition) is 7. The molecule has 1 fully saturated rings. The quantitative estimate of drug-likeness (QED) is 0.730. The molecule has 8 heteroatoms. The largest absolute Gasteiger partial charge is 0.380 e. The minimum absolute atomic E-state index is 0.108. The third kappa shape index (κ3) is 3.59. The summed E-state index contributed by atoms with van der Waals surface area (Å²) in [7, 11) is 1.73. The first-order valence-electron chi connectivity index (χ1n) is 8.29. The van der Waals surface area contributed by atoms with Gasteiger partial charge in [-0.25, -0.2) is 4.98 Å². The van der Waals surface area contributed by atoms with Gasteiger partial charge in [0.1, 0.15) is 12.2 Å². The van der Waals surface area contributed by atoms with Crippen LogP contribution >= 0.6 is 0 Å². The van der Waals surface area contributed by atoms with Crippen LogP contribution in [0.2, 0.25) is 0 Å². The van der Waals surface area contributed by atoms with Crippen LogP contribution in [0.4, 0.5) is 0 Å². The van der Waals surface area contributed by atoms with Crippen molar-refractivity contribution in [1.82, 2.24) is 30.2 Å². The minimum atomic E-state index is 0.108. The molecule has 8 nitrogen and oxygen atoms in total. The third-order valence-corrected chi connectivity index (χ3v) is 4.50. The zero-order valence-electron chi connectivity index (χ0n) is 14.0. The van der Waals surface area contributed by atoms with Gasteiger partial charge >= 0.3 is 0 Å². The molecule has 0 radical (unpaired) electrons. The summed E-state index contributed by atoms with van der Waals surface area (Å²) in [5.41, 5.74) is 1.16. The Morgan fingerprint density at radius 2 is 2.20 bits per heavy atom. The van der Waals surface area contributed by atoms with E-state index in [1.165, 1.54) is 6.33 Å². The molecule has 1 aliphatic heterocycles. The third-order valence-electron chi connectivity index (χ3n) is 4.50. The van der Waals surface area contributed by atoms with Gasteiger partial charge in [0.15, 0.2) is 5.82 Å².